The van der Waals surface area contributed by atoms with Crippen LogP contribution in [0, 0.1) is 12.8 Å². The molecule has 1 aliphatic heterocycles. The van der Waals surface area contributed by atoms with Gasteiger partial charge in [-0.05, 0) is 43.4 Å². The highest BCUT2D eigenvalue weighted by Gasteiger charge is 2.28. The van der Waals surface area contributed by atoms with Crippen LogP contribution in [0.15, 0.2) is 29.8 Å². The van der Waals surface area contributed by atoms with Gasteiger partial charge in [0.1, 0.15) is 10.6 Å². The molecule has 116 valence electrons. The highest BCUT2D eigenvalue weighted by atomic mass is 32.1. The third-order valence-electron chi connectivity index (χ3n) is 4.20. The Balaban J connectivity index is 1.60. The van der Waals surface area contributed by atoms with Gasteiger partial charge >= 0.3 is 0 Å². The summed E-state index contributed by atoms with van der Waals surface area (Å²) in [5, 5.41) is 0. The van der Waals surface area contributed by atoms with Crippen LogP contribution in [-0.4, -0.2) is 36.0 Å². The Bertz CT molecular complexity index is 651. The van der Waals surface area contributed by atoms with Crippen molar-refractivity contribution in [2.24, 2.45) is 5.92 Å². The molecule has 0 saturated carbocycles. The van der Waals surface area contributed by atoms with Crippen molar-refractivity contribution in [3.05, 3.63) is 45.9 Å². The van der Waals surface area contributed by atoms with E-state index < -0.39 is 0 Å². The zero-order chi connectivity index (χ0) is 15.5. The summed E-state index contributed by atoms with van der Waals surface area (Å²) < 4.78 is 5.18. The number of thiazole rings is 1. The zero-order valence-electron chi connectivity index (χ0n) is 12.9. The van der Waals surface area contributed by atoms with Crippen molar-refractivity contribution >= 4 is 17.2 Å². The van der Waals surface area contributed by atoms with E-state index in [0.717, 1.165) is 42.3 Å². The maximum Gasteiger partial charge on any atom is 0.265 e. The van der Waals surface area contributed by atoms with E-state index in [1.807, 2.05) is 24.0 Å². The Morgan fingerprint density at radius 2 is 2.18 bits per heavy atom. The number of benzene rings is 1. The molecule has 0 N–H and O–H groups in total. The molecule has 1 amide bonds. The fraction of sp³-hybridized carbons (Fsp3) is 0.412. The number of aromatic nitrogens is 1. The van der Waals surface area contributed by atoms with E-state index in [4.69, 9.17) is 4.74 Å². The number of carbonyl (C=O) groups is 1. The van der Waals surface area contributed by atoms with Crippen LogP contribution in [0.25, 0.3) is 0 Å². The van der Waals surface area contributed by atoms with E-state index in [0.29, 0.717) is 5.92 Å². The van der Waals surface area contributed by atoms with Gasteiger partial charge in [0.25, 0.3) is 5.91 Å². The first-order chi connectivity index (χ1) is 10.7. The molecule has 3 rings (SSSR count). The number of ether oxygens (including phenoxy) is 1. The second-order valence-corrected chi connectivity index (χ2v) is 6.58. The van der Waals surface area contributed by atoms with Crippen molar-refractivity contribution in [3.8, 4) is 5.75 Å². The molecular weight excluding hydrogens is 296 g/mol. The monoisotopic (exact) mass is 316 g/mol. The second-order valence-electron chi connectivity index (χ2n) is 5.72. The standard InChI is InChI=1S/C17H20N2O2S/c1-12-16(22-11-18-12)17(20)19-8-7-14(10-19)9-13-3-5-15(21-2)6-4-13/h3-6,11,14H,7-10H2,1-2H3. The lowest BCUT2D eigenvalue weighted by Crippen LogP contribution is -2.28. The van der Waals surface area contributed by atoms with Gasteiger partial charge in [-0.2, -0.15) is 0 Å². The number of hydrogen-bond acceptors (Lipinski definition) is 4. The second kappa shape index (κ2) is 6.48. The number of aryl methyl sites for hydroxylation is 1. The van der Waals surface area contributed by atoms with Gasteiger partial charge in [-0.1, -0.05) is 12.1 Å². The average Bonchev–Trinajstić information content (AvgIpc) is 3.16. The summed E-state index contributed by atoms with van der Waals surface area (Å²) in [7, 11) is 1.68. The average molecular weight is 316 g/mol. The van der Waals surface area contributed by atoms with Gasteiger partial charge in [-0.25, -0.2) is 4.98 Å². The van der Waals surface area contributed by atoms with Crippen molar-refractivity contribution in [3.63, 3.8) is 0 Å². The molecule has 2 heterocycles. The van der Waals surface area contributed by atoms with E-state index in [1.165, 1.54) is 16.9 Å². The van der Waals surface area contributed by atoms with E-state index in [2.05, 4.69) is 17.1 Å². The Labute approximate surface area is 134 Å². The largest absolute Gasteiger partial charge is 0.497 e. The van der Waals surface area contributed by atoms with Crippen molar-refractivity contribution in [1.29, 1.82) is 0 Å². The highest BCUT2D eigenvalue weighted by molar-refractivity contribution is 7.11. The van der Waals surface area contributed by atoms with Gasteiger partial charge < -0.3 is 9.64 Å². The Kier molecular flexibility index (Phi) is 4.43. The quantitative estimate of drug-likeness (QED) is 0.870. The molecule has 1 atom stereocenters. The van der Waals surface area contributed by atoms with Gasteiger partial charge in [0.05, 0.1) is 18.3 Å². The number of hydrogen-bond donors (Lipinski definition) is 0. The molecule has 1 saturated heterocycles. The molecule has 4 nitrogen and oxygen atoms in total. The third-order valence-corrected chi connectivity index (χ3v) is 5.11. The molecule has 1 unspecified atom stereocenters. The fourth-order valence-electron chi connectivity index (χ4n) is 2.93. The summed E-state index contributed by atoms with van der Waals surface area (Å²) in [5.41, 5.74) is 3.88. The number of nitrogens with zero attached hydrogens (tertiary/aromatic N) is 2. The predicted octanol–water partition coefficient (Wildman–Crippen LogP) is 3.16. The molecule has 5 heteroatoms. The van der Waals surface area contributed by atoms with Gasteiger partial charge in [-0.15, -0.1) is 11.3 Å². The normalized spacial score (nSPS) is 17.7. The molecule has 1 fully saturated rings. The van der Waals surface area contributed by atoms with Gasteiger partial charge in [0.15, 0.2) is 0 Å². The Morgan fingerprint density at radius 3 is 2.82 bits per heavy atom. The zero-order valence-corrected chi connectivity index (χ0v) is 13.7. The van der Waals surface area contributed by atoms with Crippen LogP contribution in [0.1, 0.15) is 27.3 Å². The summed E-state index contributed by atoms with van der Waals surface area (Å²) in [4.78, 5) is 19.4. The molecule has 22 heavy (non-hydrogen) atoms. The fourth-order valence-corrected chi connectivity index (χ4v) is 3.70. The molecule has 2 aromatic rings. The summed E-state index contributed by atoms with van der Waals surface area (Å²) in [6.45, 7) is 3.58. The molecule has 1 aromatic carbocycles. The molecule has 0 aliphatic carbocycles. The van der Waals surface area contributed by atoms with E-state index in [1.54, 1.807) is 12.6 Å². The molecule has 0 spiro atoms. The summed E-state index contributed by atoms with van der Waals surface area (Å²) in [6, 6.07) is 8.20. The third kappa shape index (κ3) is 3.14. The van der Waals surface area contributed by atoms with Gasteiger partial charge in [0, 0.05) is 13.1 Å². The number of methoxy groups -OCH3 is 1. The summed E-state index contributed by atoms with van der Waals surface area (Å²) >= 11 is 1.44. The van der Waals surface area contributed by atoms with Crippen LogP contribution < -0.4 is 4.74 Å². The van der Waals surface area contributed by atoms with Crippen LogP contribution >= 0.6 is 11.3 Å². The topological polar surface area (TPSA) is 42.4 Å². The SMILES string of the molecule is COc1ccc(CC2CCN(C(=O)c3scnc3C)C2)cc1. The first-order valence-corrected chi connectivity index (χ1v) is 8.37. The minimum absolute atomic E-state index is 0.136. The van der Waals surface area contributed by atoms with Crippen molar-refractivity contribution in [2.45, 2.75) is 19.8 Å². The van der Waals surface area contributed by atoms with Crippen LogP contribution in [0.5, 0.6) is 5.75 Å². The van der Waals surface area contributed by atoms with Crippen LogP contribution in [0.4, 0.5) is 0 Å². The molecule has 0 radical (unpaired) electrons. The first-order valence-electron chi connectivity index (χ1n) is 7.49. The first kappa shape index (κ1) is 15.0. The van der Waals surface area contributed by atoms with Gasteiger partial charge in [0.2, 0.25) is 0 Å². The lowest BCUT2D eigenvalue weighted by molar-refractivity contribution is 0.0791. The smallest absolute Gasteiger partial charge is 0.265 e. The summed E-state index contributed by atoms with van der Waals surface area (Å²) in [5.74, 6) is 1.55. The van der Waals surface area contributed by atoms with E-state index in [-0.39, 0.29) is 5.91 Å². The number of rotatable bonds is 4. The Morgan fingerprint density at radius 1 is 1.41 bits per heavy atom. The highest BCUT2D eigenvalue weighted by Crippen LogP contribution is 2.25. The minimum atomic E-state index is 0.136. The van der Waals surface area contributed by atoms with Crippen LogP contribution in [0.2, 0.25) is 0 Å². The number of likely N-dealkylation sites (tertiary alicyclic amines) is 1. The molecular formula is C17H20N2O2S. The maximum absolute atomic E-state index is 12.5. The maximum atomic E-state index is 12.5. The van der Waals surface area contributed by atoms with Crippen LogP contribution in [-0.2, 0) is 6.42 Å². The molecule has 1 aliphatic rings. The predicted molar refractivity (Wildman–Crippen MR) is 87.6 cm³/mol. The Hall–Kier alpha value is -1.88. The van der Waals surface area contributed by atoms with E-state index in [9.17, 15) is 4.79 Å². The van der Waals surface area contributed by atoms with Crippen molar-refractivity contribution in [1.82, 2.24) is 9.88 Å². The van der Waals surface area contributed by atoms with Crippen molar-refractivity contribution < 1.29 is 9.53 Å². The van der Waals surface area contributed by atoms with Crippen molar-refractivity contribution in [2.75, 3.05) is 20.2 Å². The summed E-state index contributed by atoms with van der Waals surface area (Å²) in [6.07, 6.45) is 2.07. The number of amides is 1. The number of carbonyl (C=O) groups excluding carboxylic acids is 1. The van der Waals surface area contributed by atoms with Gasteiger partial charge in [-0.3, -0.25) is 4.79 Å². The lowest BCUT2D eigenvalue weighted by atomic mass is 9.99. The lowest BCUT2D eigenvalue weighted by Gasteiger charge is -2.16. The van der Waals surface area contributed by atoms with Crippen LogP contribution in [0.3, 0.4) is 0 Å². The molecule has 1 aromatic heterocycles. The minimum Gasteiger partial charge on any atom is -0.497 e. The molecule has 0 bridgehead atoms. The van der Waals surface area contributed by atoms with E-state index >= 15 is 0 Å².